The van der Waals surface area contributed by atoms with Gasteiger partial charge in [-0.3, -0.25) is 4.79 Å². The fraction of sp³-hybridized carbons (Fsp3) is 0.412. The summed E-state index contributed by atoms with van der Waals surface area (Å²) < 4.78 is 27.8. The number of methoxy groups -OCH3 is 1. The third kappa shape index (κ3) is 9.64. The third-order valence-corrected chi connectivity index (χ3v) is 6.94. The fourth-order valence-electron chi connectivity index (χ4n) is 4.93. The highest BCUT2D eigenvalue weighted by Crippen LogP contribution is 2.40. The van der Waals surface area contributed by atoms with Crippen molar-refractivity contribution in [2.75, 3.05) is 40.2 Å². The first-order valence-electron chi connectivity index (χ1n) is 14.6. The Morgan fingerprint density at radius 3 is 2.47 bits per heavy atom. The Bertz CT molecular complexity index is 1340. The van der Waals surface area contributed by atoms with Gasteiger partial charge in [0.05, 0.1) is 26.7 Å². The van der Waals surface area contributed by atoms with Crippen LogP contribution >= 0.6 is 0 Å². The first-order valence-corrected chi connectivity index (χ1v) is 14.6. The van der Waals surface area contributed by atoms with E-state index in [1.54, 1.807) is 7.11 Å². The molecule has 1 heterocycles. The van der Waals surface area contributed by atoms with Crippen LogP contribution in [-0.4, -0.2) is 62.7 Å². The van der Waals surface area contributed by atoms with E-state index in [-0.39, 0.29) is 38.3 Å². The molecule has 230 valence electrons. The van der Waals surface area contributed by atoms with Gasteiger partial charge >= 0.3 is 6.09 Å². The van der Waals surface area contributed by atoms with Crippen molar-refractivity contribution in [1.82, 2.24) is 10.2 Å². The summed E-state index contributed by atoms with van der Waals surface area (Å²) in [6, 6.07) is 23.9. The van der Waals surface area contributed by atoms with E-state index in [9.17, 15) is 9.59 Å². The number of hydrogen-bond donors (Lipinski definition) is 1. The number of hydrogen-bond acceptors (Lipinski definition) is 7. The molecule has 0 aromatic heterocycles. The molecule has 43 heavy (non-hydrogen) atoms. The summed E-state index contributed by atoms with van der Waals surface area (Å²) in [5.41, 5.74) is 2.58. The molecule has 0 saturated heterocycles. The molecule has 3 aromatic carbocycles. The smallest absolute Gasteiger partial charge is 0.407 e. The van der Waals surface area contributed by atoms with Gasteiger partial charge in [0, 0.05) is 31.1 Å². The number of nitrogens with one attached hydrogen (secondary N) is 1. The summed E-state index contributed by atoms with van der Waals surface area (Å²) in [5.74, 6) is 2.18. The second kappa shape index (κ2) is 15.3. The van der Waals surface area contributed by atoms with Crippen LogP contribution in [0.5, 0.6) is 17.2 Å². The number of carbonyl (C=O) groups is 2. The normalized spacial score (nSPS) is 12.8. The van der Waals surface area contributed by atoms with Crippen LogP contribution in [0.15, 0.2) is 72.8 Å². The quantitative estimate of drug-likeness (QED) is 0.233. The topological polar surface area (TPSA) is 95.6 Å². The Labute approximate surface area is 254 Å². The lowest BCUT2D eigenvalue weighted by Gasteiger charge is -2.27. The maximum atomic E-state index is 13.5. The average Bonchev–Trinajstić information content (AvgIpc) is 3.46. The zero-order chi connectivity index (χ0) is 30.7. The minimum absolute atomic E-state index is 0.00609. The van der Waals surface area contributed by atoms with Gasteiger partial charge in [-0.25, -0.2) is 4.79 Å². The van der Waals surface area contributed by atoms with E-state index in [0.29, 0.717) is 31.8 Å². The third-order valence-electron chi connectivity index (χ3n) is 6.94. The summed E-state index contributed by atoms with van der Waals surface area (Å²) in [5, 5.41) is 2.66. The molecule has 1 N–H and O–H groups in total. The number of fused-ring (bicyclic) bond motifs is 1. The number of para-hydroxylation sites is 1. The van der Waals surface area contributed by atoms with Crippen LogP contribution in [0.4, 0.5) is 4.79 Å². The largest absolute Gasteiger partial charge is 0.496 e. The highest BCUT2D eigenvalue weighted by atomic mass is 16.7. The average molecular weight is 591 g/mol. The lowest BCUT2D eigenvalue weighted by molar-refractivity contribution is -0.133. The zero-order valence-corrected chi connectivity index (χ0v) is 25.5. The van der Waals surface area contributed by atoms with Gasteiger partial charge in [0.2, 0.25) is 12.7 Å². The van der Waals surface area contributed by atoms with E-state index in [4.69, 9.17) is 23.7 Å². The summed E-state index contributed by atoms with van der Waals surface area (Å²) in [7, 11) is 1.67. The number of rotatable bonds is 14. The maximum Gasteiger partial charge on any atom is 0.407 e. The SMILES string of the molecule is COc1ccccc1C(CCN(Cc1ccccc1)C(=O)CCOCCNC(=O)OC(C)(C)C)c1ccc2c(c1)OCO2. The molecular formula is C34H42N2O7. The second-order valence-corrected chi connectivity index (χ2v) is 11.3. The minimum atomic E-state index is -0.563. The van der Waals surface area contributed by atoms with Crippen molar-refractivity contribution in [3.63, 3.8) is 0 Å². The van der Waals surface area contributed by atoms with Gasteiger partial charge in [0.1, 0.15) is 11.4 Å². The van der Waals surface area contributed by atoms with Crippen LogP contribution < -0.4 is 19.5 Å². The number of nitrogens with zero attached hydrogens (tertiary/aromatic N) is 1. The summed E-state index contributed by atoms with van der Waals surface area (Å²) >= 11 is 0. The van der Waals surface area contributed by atoms with E-state index >= 15 is 0 Å². The maximum absolute atomic E-state index is 13.5. The van der Waals surface area contributed by atoms with Crippen molar-refractivity contribution in [1.29, 1.82) is 0 Å². The molecule has 0 bridgehead atoms. The van der Waals surface area contributed by atoms with Gasteiger partial charge in [0.15, 0.2) is 11.5 Å². The molecule has 9 heteroatoms. The standard InChI is InChI=1S/C34H42N2O7/c1-34(2,3)43-33(38)35-18-21-40-20-17-32(37)36(23-25-10-6-5-7-11-25)19-16-27(28-12-8-9-13-29(28)39-4)26-14-15-30-31(22-26)42-24-41-30/h5-15,22,27H,16-21,23-24H2,1-4H3,(H,35,38). The Kier molecular flexibility index (Phi) is 11.3. The highest BCUT2D eigenvalue weighted by Gasteiger charge is 2.24. The number of benzene rings is 3. The second-order valence-electron chi connectivity index (χ2n) is 11.3. The molecule has 1 unspecified atom stereocenters. The van der Waals surface area contributed by atoms with Crippen molar-refractivity contribution >= 4 is 12.0 Å². The number of carbonyl (C=O) groups excluding carboxylic acids is 2. The Hall–Kier alpha value is -4.24. The summed E-state index contributed by atoms with van der Waals surface area (Å²) in [4.78, 5) is 27.2. The Morgan fingerprint density at radius 2 is 1.70 bits per heavy atom. The Balaban J connectivity index is 1.42. The summed E-state index contributed by atoms with van der Waals surface area (Å²) in [6.45, 7) is 7.47. The van der Waals surface area contributed by atoms with Crippen LogP contribution in [0.25, 0.3) is 0 Å². The molecule has 1 aliphatic heterocycles. The highest BCUT2D eigenvalue weighted by molar-refractivity contribution is 5.76. The molecule has 2 amide bonds. The number of ether oxygens (including phenoxy) is 5. The van der Waals surface area contributed by atoms with Crippen molar-refractivity contribution < 1.29 is 33.3 Å². The van der Waals surface area contributed by atoms with Crippen LogP contribution in [0, 0.1) is 0 Å². The molecule has 4 rings (SSSR count). The minimum Gasteiger partial charge on any atom is -0.496 e. The van der Waals surface area contributed by atoms with E-state index < -0.39 is 11.7 Å². The number of amides is 2. The monoisotopic (exact) mass is 590 g/mol. The van der Waals surface area contributed by atoms with Crippen LogP contribution in [0.2, 0.25) is 0 Å². The van der Waals surface area contributed by atoms with Gasteiger partial charge < -0.3 is 33.9 Å². The van der Waals surface area contributed by atoms with Gasteiger partial charge in [0.25, 0.3) is 0 Å². The van der Waals surface area contributed by atoms with E-state index in [2.05, 4.69) is 11.4 Å². The predicted molar refractivity (Wildman–Crippen MR) is 164 cm³/mol. The van der Waals surface area contributed by atoms with E-state index in [1.165, 1.54) is 0 Å². The summed E-state index contributed by atoms with van der Waals surface area (Å²) in [6.07, 6.45) is 0.398. The molecule has 3 aromatic rings. The van der Waals surface area contributed by atoms with Gasteiger partial charge in [-0.2, -0.15) is 0 Å². The van der Waals surface area contributed by atoms with E-state index in [1.807, 2.05) is 92.4 Å². The Morgan fingerprint density at radius 1 is 0.953 bits per heavy atom. The fourth-order valence-corrected chi connectivity index (χ4v) is 4.93. The van der Waals surface area contributed by atoms with Crippen molar-refractivity contribution in [3.05, 3.63) is 89.5 Å². The first kappa shape index (κ1) is 31.7. The lowest BCUT2D eigenvalue weighted by atomic mass is 9.87. The molecule has 0 saturated carbocycles. The molecule has 0 radical (unpaired) electrons. The van der Waals surface area contributed by atoms with Crippen molar-refractivity contribution in [2.24, 2.45) is 0 Å². The molecule has 1 aliphatic rings. The molecule has 0 fully saturated rings. The van der Waals surface area contributed by atoms with Crippen molar-refractivity contribution in [2.45, 2.75) is 51.7 Å². The van der Waals surface area contributed by atoms with E-state index in [0.717, 1.165) is 28.2 Å². The lowest BCUT2D eigenvalue weighted by Crippen LogP contribution is -2.35. The zero-order valence-electron chi connectivity index (χ0n) is 25.5. The van der Waals surface area contributed by atoms with Crippen molar-refractivity contribution in [3.8, 4) is 17.2 Å². The predicted octanol–water partition coefficient (Wildman–Crippen LogP) is 5.91. The van der Waals surface area contributed by atoms with Gasteiger partial charge in [-0.1, -0.05) is 54.6 Å². The molecule has 0 spiro atoms. The van der Waals surface area contributed by atoms with Gasteiger partial charge in [-0.15, -0.1) is 0 Å². The number of alkyl carbamates (subject to hydrolysis) is 1. The molecular weight excluding hydrogens is 548 g/mol. The van der Waals surface area contributed by atoms with Crippen LogP contribution in [-0.2, 0) is 20.8 Å². The molecule has 1 atom stereocenters. The molecule has 9 nitrogen and oxygen atoms in total. The first-order chi connectivity index (χ1) is 20.7. The van der Waals surface area contributed by atoms with Crippen LogP contribution in [0.3, 0.4) is 0 Å². The van der Waals surface area contributed by atoms with Gasteiger partial charge in [-0.05, 0) is 56.5 Å². The van der Waals surface area contributed by atoms with Crippen LogP contribution in [0.1, 0.15) is 56.2 Å². The molecule has 0 aliphatic carbocycles.